The van der Waals surface area contributed by atoms with Crippen molar-refractivity contribution in [2.45, 2.75) is 18.6 Å². The zero-order valence-electron chi connectivity index (χ0n) is 18.1. The number of aromatic amines is 1. The zero-order chi connectivity index (χ0) is 23.7. The summed E-state index contributed by atoms with van der Waals surface area (Å²) in [7, 11) is 0. The Morgan fingerprint density at radius 2 is 1.97 bits per heavy atom. The first-order valence-corrected chi connectivity index (χ1v) is 11.5. The Morgan fingerprint density at radius 3 is 2.68 bits per heavy atom. The van der Waals surface area contributed by atoms with Gasteiger partial charge in [-0.25, -0.2) is 4.98 Å². The minimum Gasteiger partial charge on any atom is -0.439 e. The van der Waals surface area contributed by atoms with Crippen molar-refractivity contribution < 1.29 is 19.1 Å². The van der Waals surface area contributed by atoms with Gasteiger partial charge in [0.1, 0.15) is 11.4 Å². The average Bonchev–Trinajstić information content (AvgIpc) is 3.39. The minimum absolute atomic E-state index is 0.256. The van der Waals surface area contributed by atoms with Crippen LogP contribution in [0, 0.1) is 6.92 Å². The average molecular weight is 473 g/mol. The van der Waals surface area contributed by atoms with E-state index < -0.39 is 5.25 Å². The quantitative estimate of drug-likeness (QED) is 0.371. The Balaban J connectivity index is 1.22. The van der Waals surface area contributed by atoms with Crippen molar-refractivity contribution in [3.05, 3.63) is 83.7 Å². The number of anilines is 1. The van der Waals surface area contributed by atoms with Crippen LogP contribution < -0.4 is 15.4 Å². The lowest BCUT2D eigenvalue weighted by Gasteiger charge is -2.11. The van der Waals surface area contributed by atoms with Gasteiger partial charge in [0.25, 0.3) is 11.1 Å². The van der Waals surface area contributed by atoms with Crippen LogP contribution >= 0.6 is 11.8 Å². The molecule has 1 fully saturated rings. The molecule has 2 aromatic carbocycles. The number of fused-ring (bicyclic) bond motifs is 1. The molecule has 1 saturated heterocycles. The van der Waals surface area contributed by atoms with E-state index in [1.165, 1.54) is 6.20 Å². The minimum atomic E-state index is -0.410. The molecule has 2 aromatic heterocycles. The summed E-state index contributed by atoms with van der Waals surface area (Å²) in [5.41, 5.74) is 3.73. The topological polar surface area (TPSA) is 113 Å². The number of rotatable bonds is 6. The molecule has 0 saturated carbocycles. The van der Waals surface area contributed by atoms with Gasteiger partial charge in [0.2, 0.25) is 11.8 Å². The molecule has 0 spiro atoms. The molecule has 4 aromatic rings. The number of imide groups is 1. The smallest absolute Gasteiger partial charge is 0.286 e. The van der Waals surface area contributed by atoms with Crippen LogP contribution in [0.15, 0.2) is 66.9 Å². The number of thioether (sulfide) groups is 1. The predicted octanol–water partition coefficient (Wildman–Crippen LogP) is 4.81. The van der Waals surface area contributed by atoms with Gasteiger partial charge in [-0.1, -0.05) is 42.1 Å². The van der Waals surface area contributed by atoms with E-state index in [9.17, 15) is 14.4 Å². The van der Waals surface area contributed by atoms with Gasteiger partial charge in [0.05, 0.1) is 17.1 Å². The largest absolute Gasteiger partial charge is 0.439 e. The van der Waals surface area contributed by atoms with Crippen molar-refractivity contribution >= 4 is 45.4 Å². The Kier molecular flexibility index (Phi) is 5.77. The summed E-state index contributed by atoms with van der Waals surface area (Å²) in [4.78, 5) is 43.1. The normalized spacial score (nSPS) is 15.4. The van der Waals surface area contributed by atoms with Gasteiger partial charge in [-0.15, -0.1) is 0 Å². The third-order valence-electron chi connectivity index (χ3n) is 5.41. The second-order valence-corrected chi connectivity index (χ2v) is 9.07. The lowest BCUT2D eigenvalue weighted by Crippen LogP contribution is -2.25. The van der Waals surface area contributed by atoms with Crippen molar-refractivity contribution in [1.29, 1.82) is 0 Å². The summed E-state index contributed by atoms with van der Waals surface area (Å²) in [5, 5.41) is 5.38. The number of hydrogen-bond acceptors (Lipinski definition) is 6. The second kappa shape index (κ2) is 9.03. The number of benzene rings is 2. The van der Waals surface area contributed by atoms with Gasteiger partial charge in [-0.05, 0) is 48.7 Å². The van der Waals surface area contributed by atoms with E-state index in [1.807, 2.05) is 49.4 Å². The number of amides is 3. The monoisotopic (exact) mass is 472 g/mol. The summed E-state index contributed by atoms with van der Waals surface area (Å²) in [6.45, 7) is 1.90. The highest BCUT2D eigenvalue weighted by molar-refractivity contribution is 8.15. The molecule has 8 nitrogen and oxygen atoms in total. The molecule has 34 heavy (non-hydrogen) atoms. The van der Waals surface area contributed by atoms with E-state index in [-0.39, 0.29) is 17.1 Å². The Hall–Kier alpha value is -4.11. The maximum absolute atomic E-state index is 12.6. The molecule has 0 bridgehead atoms. The van der Waals surface area contributed by atoms with E-state index >= 15 is 0 Å². The first-order valence-electron chi connectivity index (χ1n) is 10.6. The molecule has 9 heteroatoms. The molecule has 170 valence electrons. The summed E-state index contributed by atoms with van der Waals surface area (Å²) in [6.07, 6.45) is 2.00. The van der Waals surface area contributed by atoms with Gasteiger partial charge in [-0.3, -0.25) is 19.7 Å². The predicted molar refractivity (Wildman–Crippen MR) is 130 cm³/mol. The number of aryl methyl sites for hydroxylation is 1. The van der Waals surface area contributed by atoms with Gasteiger partial charge in [0.15, 0.2) is 0 Å². The van der Waals surface area contributed by atoms with Crippen LogP contribution in [0.4, 0.5) is 10.5 Å². The number of para-hydroxylation sites is 1. The molecule has 0 radical (unpaired) electrons. The number of pyridine rings is 1. The highest BCUT2D eigenvalue weighted by Crippen LogP contribution is 2.28. The summed E-state index contributed by atoms with van der Waals surface area (Å²) in [6, 6.07) is 18.5. The fraction of sp³-hybridized carbons (Fsp3) is 0.120. The van der Waals surface area contributed by atoms with Gasteiger partial charge in [0, 0.05) is 17.0 Å². The number of hydrogen-bond donors (Lipinski definition) is 3. The maximum atomic E-state index is 12.6. The molecule has 1 aliphatic heterocycles. The Morgan fingerprint density at radius 1 is 1.12 bits per heavy atom. The van der Waals surface area contributed by atoms with Crippen LogP contribution in [-0.2, 0) is 11.2 Å². The van der Waals surface area contributed by atoms with Crippen molar-refractivity contribution in [3.8, 4) is 11.6 Å². The standard InChI is InChI=1S/C25H20N4O4S/c1-14-10-15(11-21-24(31)29-25(32)34-21)6-8-20(14)33-22-9-7-17(13-26-22)27-23(30)19-12-16-4-2-3-5-18(16)28-19/h2-10,12-13,21,28H,11H2,1H3,(H,27,30)(H,29,31,32). The third kappa shape index (κ3) is 4.65. The van der Waals surface area contributed by atoms with Crippen molar-refractivity contribution in [3.63, 3.8) is 0 Å². The highest BCUT2D eigenvalue weighted by atomic mass is 32.2. The number of carbonyl (C=O) groups excluding carboxylic acids is 3. The van der Waals surface area contributed by atoms with Crippen LogP contribution in [0.2, 0.25) is 0 Å². The number of nitrogens with zero attached hydrogens (tertiary/aromatic N) is 1. The van der Waals surface area contributed by atoms with Crippen molar-refractivity contribution in [2.75, 3.05) is 5.32 Å². The summed E-state index contributed by atoms with van der Waals surface area (Å²) >= 11 is 1.01. The lowest BCUT2D eigenvalue weighted by atomic mass is 10.1. The van der Waals surface area contributed by atoms with Gasteiger partial charge < -0.3 is 15.0 Å². The van der Waals surface area contributed by atoms with Crippen LogP contribution in [0.1, 0.15) is 21.6 Å². The van der Waals surface area contributed by atoms with Crippen LogP contribution in [-0.4, -0.2) is 32.3 Å². The number of aromatic nitrogens is 2. The summed E-state index contributed by atoms with van der Waals surface area (Å²) in [5.74, 6) is 0.504. The number of nitrogens with one attached hydrogen (secondary N) is 3. The molecule has 5 rings (SSSR count). The van der Waals surface area contributed by atoms with E-state index in [0.29, 0.717) is 29.4 Å². The van der Waals surface area contributed by atoms with E-state index in [2.05, 4.69) is 20.6 Å². The SMILES string of the molecule is Cc1cc(CC2SC(=O)NC2=O)ccc1Oc1ccc(NC(=O)c2cc3ccccc3[nH]2)cn1. The molecule has 3 N–H and O–H groups in total. The zero-order valence-corrected chi connectivity index (χ0v) is 18.9. The lowest BCUT2D eigenvalue weighted by molar-refractivity contribution is -0.118. The fourth-order valence-electron chi connectivity index (χ4n) is 3.72. The molecule has 1 aliphatic rings. The van der Waals surface area contributed by atoms with Crippen LogP contribution in [0.3, 0.4) is 0 Å². The first kappa shape index (κ1) is 21.7. The third-order valence-corrected chi connectivity index (χ3v) is 6.39. The molecule has 3 amide bonds. The van der Waals surface area contributed by atoms with Crippen molar-refractivity contribution in [2.24, 2.45) is 0 Å². The second-order valence-electron chi connectivity index (χ2n) is 7.90. The molecule has 1 atom stereocenters. The Bertz CT molecular complexity index is 1380. The number of ether oxygens (including phenoxy) is 1. The number of carbonyl (C=O) groups is 3. The molecular weight excluding hydrogens is 452 g/mol. The van der Waals surface area contributed by atoms with Gasteiger partial charge in [-0.2, -0.15) is 0 Å². The van der Waals surface area contributed by atoms with Crippen molar-refractivity contribution in [1.82, 2.24) is 15.3 Å². The molecule has 3 heterocycles. The molecular formula is C25H20N4O4S. The Labute approximate surface area is 199 Å². The molecule has 1 unspecified atom stereocenters. The molecule has 0 aliphatic carbocycles. The fourth-order valence-corrected chi connectivity index (χ4v) is 4.58. The van der Waals surface area contributed by atoms with Gasteiger partial charge >= 0.3 is 0 Å². The van der Waals surface area contributed by atoms with E-state index in [4.69, 9.17) is 4.74 Å². The van der Waals surface area contributed by atoms with E-state index in [1.54, 1.807) is 18.2 Å². The first-order chi connectivity index (χ1) is 16.4. The number of H-pyrrole nitrogens is 1. The summed E-state index contributed by atoms with van der Waals surface area (Å²) < 4.78 is 5.89. The van der Waals surface area contributed by atoms with Crippen LogP contribution in [0.25, 0.3) is 10.9 Å². The van der Waals surface area contributed by atoms with E-state index in [0.717, 1.165) is 33.8 Å². The highest BCUT2D eigenvalue weighted by Gasteiger charge is 2.31. The maximum Gasteiger partial charge on any atom is 0.286 e. The van der Waals surface area contributed by atoms with Crippen LogP contribution in [0.5, 0.6) is 11.6 Å².